The van der Waals surface area contributed by atoms with Gasteiger partial charge in [-0.2, -0.15) is 0 Å². The second-order valence-corrected chi connectivity index (χ2v) is 6.88. The summed E-state index contributed by atoms with van der Waals surface area (Å²) in [5.74, 6) is 6.07. The van der Waals surface area contributed by atoms with Crippen molar-refractivity contribution in [3.05, 3.63) is 29.3 Å². The third-order valence-corrected chi connectivity index (χ3v) is 5.00. The molecule has 20 heavy (non-hydrogen) atoms. The van der Waals surface area contributed by atoms with E-state index < -0.39 is 10.0 Å². The van der Waals surface area contributed by atoms with Gasteiger partial charge in [0.15, 0.2) is 0 Å². The van der Waals surface area contributed by atoms with Gasteiger partial charge in [0.05, 0.1) is 11.5 Å². The molecule has 1 saturated carbocycles. The van der Waals surface area contributed by atoms with E-state index in [0.717, 1.165) is 6.42 Å². The van der Waals surface area contributed by atoms with Crippen LogP contribution in [0.15, 0.2) is 23.1 Å². The molecule has 2 rings (SSSR count). The van der Waals surface area contributed by atoms with Crippen molar-refractivity contribution in [3.8, 4) is 11.8 Å². The molecule has 0 aromatic heterocycles. The van der Waals surface area contributed by atoms with Gasteiger partial charge in [0.25, 0.3) is 0 Å². The van der Waals surface area contributed by atoms with Crippen molar-refractivity contribution < 1.29 is 13.5 Å². The molecule has 4 nitrogen and oxygen atoms in total. The maximum Gasteiger partial charge on any atom is 0.241 e. The summed E-state index contributed by atoms with van der Waals surface area (Å²) in [5, 5.41) is 8.69. The van der Waals surface area contributed by atoms with E-state index in [1.165, 1.54) is 0 Å². The van der Waals surface area contributed by atoms with Crippen LogP contribution in [0.4, 0.5) is 0 Å². The van der Waals surface area contributed by atoms with Gasteiger partial charge in [-0.05, 0) is 37.0 Å². The largest absolute Gasteiger partial charge is 0.395 e. The first-order valence-electron chi connectivity index (χ1n) is 6.67. The zero-order chi connectivity index (χ0) is 14.8. The van der Waals surface area contributed by atoms with E-state index in [1.807, 2.05) is 6.92 Å². The monoisotopic (exact) mass is 293 g/mol. The normalized spacial score (nSPS) is 21.1. The summed E-state index contributed by atoms with van der Waals surface area (Å²) in [6, 6.07) is 5.20. The van der Waals surface area contributed by atoms with Crippen molar-refractivity contribution in [1.29, 1.82) is 0 Å². The van der Waals surface area contributed by atoms with E-state index in [-0.39, 0.29) is 17.5 Å². The van der Waals surface area contributed by atoms with Crippen LogP contribution in [0, 0.1) is 24.7 Å². The fourth-order valence-electron chi connectivity index (χ4n) is 1.94. The molecule has 0 heterocycles. The van der Waals surface area contributed by atoms with Crippen LogP contribution in [-0.2, 0) is 10.0 Å². The van der Waals surface area contributed by atoms with Crippen LogP contribution in [0.5, 0.6) is 0 Å². The quantitative estimate of drug-likeness (QED) is 0.825. The van der Waals surface area contributed by atoms with Crippen LogP contribution in [0.1, 0.15) is 30.9 Å². The van der Waals surface area contributed by atoms with Gasteiger partial charge in [-0.3, -0.25) is 0 Å². The molecule has 0 saturated heterocycles. The standard InChI is InChI=1S/C15H19NO3S/c1-11-6-7-13(5-3-4-8-17)10-15(11)20(18,19)16-14-9-12(14)2/h6-7,10,12,14,16-17H,4,8-9H2,1-2H3. The second kappa shape index (κ2) is 5.96. The first-order valence-corrected chi connectivity index (χ1v) is 8.15. The zero-order valence-corrected chi connectivity index (χ0v) is 12.5. The minimum atomic E-state index is -3.48. The Bertz CT molecular complexity index is 655. The lowest BCUT2D eigenvalue weighted by atomic mass is 10.1. The highest BCUT2D eigenvalue weighted by molar-refractivity contribution is 7.89. The van der Waals surface area contributed by atoms with E-state index >= 15 is 0 Å². The van der Waals surface area contributed by atoms with Gasteiger partial charge in [0.1, 0.15) is 0 Å². The average molecular weight is 293 g/mol. The molecule has 0 spiro atoms. The fourth-order valence-corrected chi connectivity index (χ4v) is 3.56. The highest BCUT2D eigenvalue weighted by atomic mass is 32.2. The fraction of sp³-hybridized carbons (Fsp3) is 0.467. The molecule has 0 radical (unpaired) electrons. The number of benzene rings is 1. The first-order chi connectivity index (χ1) is 9.44. The summed E-state index contributed by atoms with van der Waals surface area (Å²) in [4.78, 5) is 0.285. The van der Waals surface area contributed by atoms with E-state index in [1.54, 1.807) is 25.1 Å². The maximum atomic E-state index is 12.3. The molecule has 5 heteroatoms. The second-order valence-electron chi connectivity index (χ2n) is 5.20. The van der Waals surface area contributed by atoms with Gasteiger partial charge in [0.2, 0.25) is 10.0 Å². The Morgan fingerprint density at radius 3 is 2.75 bits per heavy atom. The lowest BCUT2D eigenvalue weighted by Gasteiger charge is -2.09. The molecule has 2 N–H and O–H groups in total. The molecule has 1 aliphatic carbocycles. The molecule has 0 aliphatic heterocycles. The highest BCUT2D eigenvalue weighted by Gasteiger charge is 2.36. The number of aliphatic hydroxyl groups excluding tert-OH is 1. The SMILES string of the molecule is Cc1ccc(C#CCCO)cc1S(=O)(=O)NC1CC1C. The molecule has 108 valence electrons. The van der Waals surface area contributed by atoms with Crippen LogP contribution in [0.25, 0.3) is 0 Å². The van der Waals surface area contributed by atoms with Crippen LogP contribution in [-0.4, -0.2) is 26.2 Å². The van der Waals surface area contributed by atoms with Crippen LogP contribution >= 0.6 is 0 Å². The smallest absolute Gasteiger partial charge is 0.241 e. The van der Waals surface area contributed by atoms with Gasteiger partial charge in [0, 0.05) is 18.0 Å². The summed E-state index contributed by atoms with van der Waals surface area (Å²) in [6.07, 6.45) is 1.28. The van der Waals surface area contributed by atoms with E-state index in [0.29, 0.717) is 23.5 Å². The van der Waals surface area contributed by atoms with Gasteiger partial charge in [-0.25, -0.2) is 13.1 Å². The molecular weight excluding hydrogens is 274 g/mol. The Balaban J connectivity index is 2.26. The molecule has 0 bridgehead atoms. The topological polar surface area (TPSA) is 66.4 Å². The summed E-state index contributed by atoms with van der Waals surface area (Å²) in [5.41, 5.74) is 1.35. The third kappa shape index (κ3) is 3.60. The molecule has 2 unspecified atom stereocenters. The van der Waals surface area contributed by atoms with Crippen molar-refractivity contribution in [2.24, 2.45) is 5.92 Å². The number of hydrogen-bond acceptors (Lipinski definition) is 3. The minimum Gasteiger partial charge on any atom is -0.395 e. The van der Waals surface area contributed by atoms with Crippen LogP contribution in [0.2, 0.25) is 0 Å². The van der Waals surface area contributed by atoms with E-state index in [9.17, 15) is 8.42 Å². The molecular formula is C15H19NO3S. The summed E-state index contributed by atoms with van der Waals surface area (Å²) in [7, 11) is -3.48. The summed E-state index contributed by atoms with van der Waals surface area (Å²) < 4.78 is 27.4. The molecule has 2 atom stereocenters. The predicted molar refractivity (Wildman–Crippen MR) is 77.7 cm³/mol. The minimum absolute atomic E-state index is 0.00510. The molecule has 1 aliphatic rings. The van der Waals surface area contributed by atoms with Crippen molar-refractivity contribution in [3.63, 3.8) is 0 Å². The van der Waals surface area contributed by atoms with Crippen molar-refractivity contribution >= 4 is 10.0 Å². The van der Waals surface area contributed by atoms with Crippen molar-refractivity contribution in [1.82, 2.24) is 4.72 Å². The number of aryl methyl sites for hydroxylation is 1. The van der Waals surface area contributed by atoms with E-state index in [2.05, 4.69) is 16.6 Å². The number of nitrogens with one attached hydrogen (secondary N) is 1. The summed E-state index contributed by atoms with van der Waals surface area (Å²) in [6.45, 7) is 3.80. The Labute approximate surface area is 120 Å². The molecule has 1 aromatic rings. The van der Waals surface area contributed by atoms with Crippen molar-refractivity contribution in [2.45, 2.75) is 37.6 Å². The van der Waals surface area contributed by atoms with Crippen LogP contribution < -0.4 is 4.72 Å². The highest BCUT2D eigenvalue weighted by Crippen LogP contribution is 2.31. The Kier molecular flexibility index (Phi) is 4.48. The lowest BCUT2D eigenvalue weighted by molar-refractivity contribution is 0.305. The van der Waals surface area contributed by atoms with E-state index in [4.69, 9.17) is 5.11 Å². The lowest BCUT2D eigenvalue weighted by Crippen LogP contribution is -2.27. The Hall–Kier alpha value is -1.35. The van der Waals surface area contributed by atoms with Gasteiger partial charge in [-0.1, -0.05) is 24.8 Å². The summed E-state index contributed by atoms with van der Waals surface area (Å²) >= 11 is 0. The Morgan fingerprint density at radius 2 is 2.15 bits per heavy atom. The number of aliphatic hydroxyl groups is 1. The molecule has 1 fully saturated rings. The number of rotatable bonds is 4. The maximum absolute atomic E-state index is 12.3. The molecule has 1 aromatic carbocycles. The molecule has 0 amide bonds. The van der Waals surface area contributed by atoms with Gasteiger partial charge >= 0.3 is 0 Å². The average Bonchev–Trinajstić information content (AvgIpc) is 3.06. The van der Waals surface area contributed by atoms with Crippen LogP contribution in [0.3, 0.4) is 0 Å². The van der Waals surface area contributed by atoms with Crippen molar-refractivity contribution in [2.75, 3.05) is 6.61 Å². The number of sulfonamides is 1. The van der Waals surface area contributed by atoms with Gasteiger partial charge < -0.3 is 5.11 Å². The zero-order valence-electron chi connectivity index (χ0n) is 11.7. The Morgan fingerprint density at radius 1 is 1.45 bits per heavy atom. The predicted octanol–water partition coefficient (Wildman–Crippen LogP) is 1.42. The number of hydrogen-bond donors (Lipinski definition) is 2. The first kappa shape index (κ1) is 15.0. The third-order valence-electron chi connectivity index (χ3n) is 3.36. The van der Waals surface area contributed by atoms with Gasteiger partial charge in [-0.15, -0.1) is 0 Å².